The van der Waals surface area contributed by atoms with Crippen molar-refractivity contribution in [2.45, 2.75) is 38.3 Å². The average Bonchev–Trinajstić information content (AvgIpc) is 2.54. The summed E-state index contributed by atoms with van der Waals surface area (Å²) in [5.74, 6) is -0.315. The number of carbonyl (C=O) groups is 1. The predicted octanol–water partition coefficient (Wildman–Crippen LogP) is 3.47. The molecule has 3 nitrogen and oxygen atoms in total. The fraction of sp³-hybridized carbons (Fsp3) is 0.389. The molecule has 0 heterocycles. The van der Waals surface area contributed by atoms with E-state index in [4.69, 9.17) is 4.74 Å². The smallest absolute Gasteiger partial charge is 0.249 e. The van der Waals surface area contributed by atoms with Gasteiger partial charge >= 0.3 is 0 Å². The molecule has 0 radical (unpaired) electrons. The number of halogens is 1. The van der Waals surface area contributed by atoms with Crippen LogP contribution in [0.2, 0.25) is 0 Å². The van der Waals surface area contributed by atoms with Crippen molar-refractivity contribution < 1.29 is 13.9 Å². The predicted molar refractivity (Wildman–Crippen MR) is 85.8 cm³/mol. The fourth-order valence-corrected chi connectivity index (χ4v) is 2.50. The van der Waals surface area contributed by atoms with Crippen molar-refractivity contribution in [2.24, 2.45) is 0 Å². The van der Waals surface area contributed by atoms with Crippen molar-refractivity contribution >= 4 is 11.5 Å². The van der Waals surface area contributed by atoms with E-state index in [9.17, 15) is 9.18 Å². The Labute approximate surface area is 130 Å². The monoisotopic (exact) mass is 303 g/mol. The number of allylic oxidation sites excluding steroid dienone is 1. The number of hydrogen-bond acceptors (Lipinski definition) is 2. The summed E-state index contributed by atoms with van der Waals surface area (Å²) in [5.41, 5.74) is 2.26. The summed E-state index contributed by atoms with van der Waals surface area (Å²) in [6, 6.07) is 6.67. The molecule has 0 aliphatic heterocycles. The highest BCUT2D eigenvalue weighted by Gasteiger charge is 2.20. The molecular weight excluding hydrogens is 281 g/mol. The Balaban J connectivity index is 1.87. The largest absolute Gasteiger partial charge is 0.365 e. The zero-order valence-electron chi connectivity index (χ0n) is 12.8. The fourth-order valence-electron chi connectivity index (χ4n) is 2.50. The number of nitrogens with one attached hydrogen (secondary N) is 1. The van der Waals surface area contributed by atoms with E-state index >= 15 is 0 Å². The summed E-state index contributed by atoms with van der Waals surface area (Å²) in [6.07, 6.45) is 5.81. The van der Waals surface area contributed by atoms with Crippen LogP contribution in [-0.4, -0.2) is 24.7 Å². The molecular formula is C18H22FNO2. The van der Waals surface area contributed by atoms with Crippen LogP contribution in [0.25, 0.3) is 5.57 Å². The lowest BCUT2D eigenvalue weighted by Crippen LogP contribution is -2.41. The van der Waals surface area contributed by atoms with Gasteiger partial charge in [0.1, 0.15) is 11.9 Å². The molecule has 22 heavy (non-hydrogen) atoms. The second kappa shape index (κ2) is 7.90. The van der Waals surface area contributed by atoms with Crippen LogP contribution in [0.15, 0.2) is 43.0 Å². The van der Waals surface area contributed by atoms with Gasteiger partial charge in [-0.3, -0.25) is 4.79 Å². The van der Waals surface area contributed by atoms with Crippen molar-refractivity contribution in [2.75, 3.05) is 6.61 Å². The molecule has 2 atom stereocenters. The third-order valence-electron chi connectivity index (χ3n) is 3.81. The van der Waals surface area contributed by atoms with E-state index in [1.807, 2.05) is 0 Å². The lowest BCUT2D eigenvalue weighted by Gasteiger charge is -2.24. The van der Waals surface area contributed by atoms with Gasteiger partial charge in [-0.25, -0.2) is 4.39 Å². The van der Waals surface area contributed by atoms with E-state index in [2.05, 4.69) is 18.0 Å². The molecule has 1 aliphatic carbocycles. The lowest BCUT2D eigenvalue weighted by atomic mass is 9.90. The molecule has 0 aromatic heterocycles. The molecule has 0 saturated heterocycles. The van der Waals surface area contributed by atoms with Gasteiger partial charge in [-0.2, -0.15) is 0 Å². The molecule has 1 amide bonds. The lowest BCUT2D eigenvalue weighted by molar-refractivity contribution is -0.131. The van der Waals surface area contributed by atoms with E-state index in [1.54, 1.807) is 25.1 Å². The Bertz CT molecular complexity index is 551. The van der Waals surface area contributed by atoms with Crippen molar-refractivity contribution in [3.05, 3.63) is 54.4 Å². The SMILES string of the molecule is C=CCO[C@H](C)C(=O)N[C@@H]1CC=C(c2ccc(F)cc2)CC1. The van der Waals surface area contributed by atoms with Crippen LogP contribution in [0.1, 0.15) is 31.7 Å². The molecule has 1 aromatic rings. The first-order valence-corrected chi connectivity index (χ1v) is 7.58. The summed E-state index contributed by atoms with van der Waals surface area (Å²) < 4.78 is 18.3. The number of ether oxygens (including phenoxy) is 1. The molecule has 0 fully saturated rings. The molecule has 1 N–H and O–H groups in total. The van der Waals surface area contributed by atoms with Crippen LogP contribution >= 0.6 is 0 Å². The number of rotatable bonds is 6. The normalized spacial score (nSPS) is 19.2. The Kier molecular flexibility index (Phi) is 5.90. The van der Waals surface area contributed by atoms with Gasteiger partial charge in [0.15, 0.2) is 0 Å². The molecule has 0 unspecified atom stereocenters. The molecule has 0 bridgehead atoms. The minimum atomic E-state index is -0.472. The van der Waals surface area contributed by atoms with Crippen LogP contribution < -0.4 is 5.32 Å². The molecule has 118 valence electrons. The maximum Gasteiger partial charge on any atom is 0.249 e. The Morgan fingerprint density at radius 1 is 1.50 bits per heavy atom. The maximum absolute atomic E-state index is 12.9. The standard InChI is InChI=1S/C18H22FNO2/c1-3-12-22-13(2)18(21)20-17-10-6-15(7-11-17)14-4-8-16(19)9-5-14/h3-6,8-9,13,17H,1,7,10-12H2,2H3,(H,20,21)/t13-,17-/m1/s1. The molecule has 1 aliphatic rings. The quantitative estimate of drug-likeness (QED) is 0.817. The van der Waals surface area contributed by atoms with Gasteiger partial charge in [-0.15, -0.1) is 6.58 Å². The van der Waals surface area contributed by atoms with Crippen LogP contribution in [0, 0.1) is 5.82 Å². The first-order chi connectivity index (χ1) is 10.6. The number of hydrogen-bond donors (Lipinski definition) is 1. The van der Waals surface area contributed by atoms with Gasteiger partial charge < -0.3 is 10.1 Å². The average molecular weight is 303 g/mol. The summed E-state index contributed by atoms with van der Waals surface area (Å²) >= 11 is 0. The Hall–Kier alpha value is -1.94. The summed E-state index contributed by atoms with van der Waals surface area (Å²) in [5, 5.41) is 3.01. The summed E-state index contributed by atoms with van der Waals surface area (Å²) in [7, 11) is 0. The van der Waals surface area contributed by atoms with E-state index < -0.39 is 6.10 Å². The second-order valence-electron chi connectivity index (χ2n) is 5.48. The highest BCUT2D eigenvalue weighted by Crippen LogP contribution is 2.27. The number of carbonyl (C=O) groups excluding carboxylic acids is 1. The minimum absolute atomic E-state index is 0.0921. The molecule has 0 saturated carbocycles. The Morgan fingerprint density at radius 2 is 2.23 bits per heavy atom. The van der Waals surface area contributed by atoms with Crippen molar-refractivity contribution in [3.63, 3.8) is 0 Å². The van der Waals surface area contributed by atoms with Gasteiger partial charge in [0.25, 0.3) is 0 Å². The summed E-state index contributed by atoms with van der Waals surface area (Å²) in [6.45, 7) is 5.67. The molecule has 1 aromatic carbocycles. The minimum Gasteiger partial charge on any atom is -0.365 e. The molecule has 0 spiro atoms. The first-order valence-electron chi connectivity index (χ1n) is 7.58. The maximum atomic E-state index is 12.9. The van der Waals surface area contributed by atoms with E-state index in [0.717, 1.165) is 24.8 Å². The van der Waals surface area contributed by atoms with E-state index in [0.29, 0.717) is 6.61 Å². The zero-order valence-corrected chi connectivity index (χ0v) is 12.8. The van der Waals surface area contributed by atoms with Crippen LogP contribution in [0.3, 0.4) is 0 Å². The molecule has 2 rings (SSSR count). The van der Waals surface area contributed by atoms with Gasteiger partial charge in [0, 0.05) is 6.04 Å². The zero-order chi connectivity index (χ0) is 15.9. The topological polar surface area (TPSA) is 38.3 Å². The number of benzene rings is 1. The third kappa shape index (κ3) is 4.53. The van der Waals surface area contributed by atoms with Crippen LogP contribution in [-0.2, 0) is 9.53 Å². The highest BCUT2D eigenvalue weighted by atomic mass is 19.1. The van der Waals surface area contributed by atoms with Crippen molar-refractivity contribution in [3.8, 4) is 0 Å². The molecule has 4 heteroatoms. The second-order valence-corrected chi connectivity index (χ2v) is 5.48. The van der Waals surface area contributed by atoms with Gasteiger partial charge in [0.05, 0.1) is 6.61 Å². The highest BCUT2D eigenvalue weighted by molar-refractivity contribution is 5.80. The van der Waals surface area contributed by atoms with Crippen molar-refractivity contribution in [1.29, 1.82) is 0 Å². The summed E-state index contributed by atoms with van der Waals surface area (Å²) in [4.78, 5) is 12.0. The number of amides is 1. The Morgan fingerprint density at radius 3 is 2.82 bits per heavy atom. The third-order valence-corrected chi connectivity index (χ3v) is 3.81. The van der Waals surface area contributed by atoms with Gasteiger partial charge in [0.2, 0.25) is 5.91 Å². The van der Waals surface area contributed by atoms with Crippen molar-refractivity contribution in [1.82, 2.24) is 5.32 Å². The van der Waals surface area contributed by atoms with Crippen LogP contribution in [0.4, 0.5) is 4.39 Å². The van der Waals surface area contributed by atoms with Gasteiger partial charge in [-0.05, 0) is 49.5 Å². The van der Waals surface area contributed by atoms with E-state index in [1.165, 1.54) is 17.7 Å². The van der Waals surface area contributed by atoms with E-state index in [-0.39, 0.29) is 17.8 Å². The van der Waals surface area contributed by atoms with Gasteiger partial charge in [-0.1, -0.05) is 24.3 Å². The first kappa shape index (κ1) is 16.4. The van der Waals surface area contributed by atoms with Crippen LogP contribution in [0.5, 0.6) is 0 Å².